The fraction of sp³-hybridized carbons (Fsp3) is 0.333. The van der Waals surface area contributed by atoms with E-state index in [1.807, 2.05) is 19.1 Å². The maximum absolute atomic E-state index is 14.4. The number of halogens is 2. The first-order valence-electron chi connectivity index (χ1n) is 7.20. The first-order chi connectivity index (χ1) is 9.93. The third kappa shape index (κ3) is 3.53. The summed E-state index contributed by atoms with van der Waals surface area (Å²) >= 11 is 3.32. The molecule has 1 atom stereocenters. The van der Waals surface area contributed by atoms with Crippen molar-refractivity contribution in [1.29, 1.82) is 0 Å². The quantitative estimate of drug-likeness (QED) is 0.798. The highest BCUT2D eigenvalue weighted by atomic mass is 79.9. The Labute approximate surface area is 134 Å². The summed E-state index contributed by atoms with van der Waals surface area (Å²) in [6.45, 7) is 9.11. The predicted molar refractivity (Wildman–Crippen MR) is 90.3 cm³/mol. The van der Waals surface area contributed by atoms with Crippen molar-refractivity contribution in [3.63, 3.8) is 0 Å². The Morgan fingerprint density at radius 2 is 1.67 bits per heavy atom. The summed E-state index contributed by atoms with van der Waals surface area (Å²) in [5, 5.41) is 3.41. The summed E-state index contributed by atoms with van der Waals surface area (Å²) in [5.41, 5.74) is 5.51. The van der Waals surface area contributed by atoms with E-state index in [0.717, 1.165) is 16.6 Å². The first-order valence-corrected chi connectivity index (χ1v) is 7.99. The zero-order chi connectivity index (χ0) is 15.6. The fourth-order valence-corrected chi connectivity index (χ4v) is 2.95. The standard InChI is InChI=1S/C18H21BrFN/c1-5-21-18(15-7-6-14(19)10-17(15)20)16-9-12(3)11(2)8-13(16)4/h6-10,18,21H,5H2,1-4H3. The zero-order valence-corrected chi connectivity index (χ0v) is 14.5. The predicted octanol–water partition coefficient (Wildman–Crippen LogP) is 5.21. The molecule has 0 fully saturated rings. The van der Waals surface area contributed by atoms with Crippen LogP contribution in [0.5, 0.6) is 0 Å². The second kappa shape index (κ2) is 6.71. The molecule has 1 N–H and O–H groups in total. The lowest BCUT2D eigenvalue weighted by Crippen LogP contribution is -2.24. The number of benzene rings is 2. The molecule has 0 amide bonds. The number of aryl methyl sites for hydroxylation is 3. The Kier molecular flexibility index (Phi) is 5.17. The van der Waals surface area contributed by atoms with Crippen molar-refractivity contribution >= 4 is 15.9 Å². The molecule has 0 aliphatic rings. The summed E-state index contributed by atoms with van der Waals surface area (Å²) in [4.78, 5) is 0. The van der Waals surface area contributed by atoms with Crippen molar-refractivity contribution in [1.82, 2.24) is 5.32 Å². The van der Waals surface area contributed by atoms with E-state index in [4.69, 9.17) is 0 Å². The van der Waals surface area contributed by atoms with Crippen molar-refractivity contribution in [3.8, 4) is 0 Å². The number of nitrogens with one attached hydrogen (secondary N) is 1. The smallest absolute Gasteiger partial charge is 0.129 e. The number of hydrogen-bond acceptors (Lipinski definition) is 1. The van der Waals surface area contributed by atoms with Crippen molar-refractivity contribution < 1.29 is 4.39 Å². The summed E-state index contributed by atoms with van der Waals surface area (Å²) < 4.78 is 15.1. The molecule has 0 bridgehead atoms. The molecule has 0 saturated carbocycles. The molecule has 3 heteroatoms. The molecule has 0 aromatic heterocycles. The van der Waals surface area contributed by atoms with Crippen LogP contribution in [-0.4, -0.2) is 6.54 Å². The van der Waals surface area contributed by atoms with Crippen LogP contribution < -0.4 is 5.32 Å². The highest BCUT2D eigenvalue weighted by Crippen LogP contribution is 2.30. The highest BCUT2D eigenvalue weighted by Gasteiger charge is 2.19. The third-order valence-electron chi connectivity index (χ3n) is 3.88. The van der Waals surface area contributed by atoms with E-state index in [1.54, 1.807) is 0 Å². The zero-order valence-electron chi connectivity index (χ0n) is 12.9. The first kappa shape index (κ1) is 16.2. The van der Waals surface area contributed by atoms with E-state index >= 15 is 0 Å². The Bertz CT molecular complexity index is 652. The van der Waals surface area contributed by atoms with Crippen LogP contribution in [0.25, 0.3) is 0 Å². The molecule has 0 radical (unpaired) electrons. The molecule has 0 spiro atoms. The van der Waals surface area contributed by atoms with E-state index < -0.39 is 0 Å². The van der Waals surface area contributed by atoms with E-state index in [-0.39, 0.29) is 11.9 Å². The second-order valence-corrected chi connectivity index (χ2v) is 6.37. The van der Waals surface area contributed by atoms with Crippen molar-refractivity contribution in [2.24, 2.45) is 0 Å². The molecule has 21 heavy (non-hydrogen) atoms. The molecule has 0 aliphatic carbocycles. The normalized spacial score (nSPS) is 12.5. The maximum Gasteiger partial charge on any atom is 0.129 e. The molecule has 2 rings (SSSR count). The third-order valence-corrected chi connectivity index (χ3v) is 4.37. The van der Waals surface area contributed by atoms with Crippen molar-refractivity contribution in [2.45, 2.75) is 33.7 Å². The van der Waals surface area contributed by atoms with Gasteiger partial charge in [-0.15, -0.1) is 0 Å². The molecular formula is C18H21BrFN. The molecule has 0 heterocycles. The van der Waals surface area contributed by atoms with Gasteiger partial charge in [-0.1, -0.05) is 41.1 Å². The van der Waals surface area contributed by atoms with Crippen molar-refractivity contribution in [2.75, 3.05) is 6.54 Å². The molecule has 0 saturated heterocycles. The number of hydrogen-bond donors (Lipinski definition) is 1. The Hall–Kier alpha value is -1.19. The minimum atomic E-state index is -0.187. The van der Waals surface area contributed by atoms with Crippen LogP contribution in [-0.2, 0) is 0 Å². The van der Waals surface area contributed by atoms with Gasteiger partial charge in [0.05, 0.1) is 6.04 Å². The SMILES string of the molecule is CCNC(c1cc(C)c(C)cc1C)c1ccc(Br)cc1F. The van der Waals surface area contributed by atoms with Gasteiger partial charge in [0.25, 0.3) is 0 Å². The second-order valence-electron chi connectivity index (χ2n) is 5.45. The van der Waals surface area contributed by atoms with Crippen LogP contribution in [0.15, 0.2) is 34.8 Å². The van der Waals surface area contributed by atoms with Gasteiger partial charge < -0.3 is 5.32 Å². The molecule has 2 aromatic carbocycles. The Balaban J connectivity index is 2.55. The lowest BCUT2D eigenvalue weighted by molar-refractivity contribution is 0.557. The van der Waals surface area contributed by atoms with Crippen LogP contribution in [0.3, 0.4) is 0 Å². The topological polar surface area (TPSA) is 12.0 Å². The molecule has 1 unspecified atom stereocenters. The van der Waals surface area contributed by atoms with Crippen molar-refractivity contribution in [3.05, 3.63) is 68.4 Å². The van der Waals surface area contributed by atoms with Gasteiger partial charge in [-0.05, 0) is 61.7 Å². The average molecular weight is 350 g/mol. The van der Waals surface area contributed by atoms with Gasteiger partial charge >= 0.3 is 0 Å². The Morgan fingerprint density at radius 3 is 2.29 bits per heavy atom. The van der Waals surface area contributed by atoms with E-state index in [1.165, 1.54) is 22.8 Å². The van der Waals surface area contributed by atoms with Crippen LogP contribution in [0.2, 0.25) is 0 Å². The largest absolute Gasteiger partial charge is 0.306 e. The van der Waals surface area contributed by atoms with Gasteiger partial charge in [0, 0.05) is 10.0 Å². The van der Waals surface area contributed by atoms with E-state index in [2.05, 4.69) is 54.2 Å². The summed E-state index contributed by atoms with van der Waals surface area (Å²) in [6, 6.07) is 9.48. The van der Waals surface area contributed by atoms with E-state index in [9.17, 15) is 4.39 Å². The number of rotatable bonds is 4. The van der Waals surface area contributed by atoms with E-state index in [0.29, 0.717) is 5.56 Å². The monoisotopic (exact) mass is 349 g/mol. The summed E-state index contributed by atoms with van der Waals surface area (Å²) in [6.07, 6.45) is 0. The average Bonchev–Trinajstić information content (AvgIpc) is 2.41. The van der Waals surface area contributed by atoms with Gasteiger partial charge in [-0.3, -0.25) is 0 Å². The van der Waals surface area contributed by atoms with Crippen LogP contribution in [0.1, 0.15) is 40.8 Å². The van der Waals surface area contributed by atoms with Crippen LogP contribution in [0, 0.1) is 26.6 Å². The Morgan fingerprint density at radius 1 is 1.00 bits per heavy atom. The minimum Gasteiger partial charge on any atom is -0.306 e. The lowest BCUT2D eigenvalue weighted by Gasteiger charge is -2.23. The van der Waals surface area contributed by atoms with Gasteiger partial charge in [-0.2, -0.15) is 0 Å². The van der Waals surface area contributed by atoms with Gasteiger partial charge in [0.2, 0.25) is 0 Å². The fourth-order valence-electron chi connectivity index (χ4n) is 2.62. The highest BCUT2D eigenvalue weighted by molar-refractivity contribution is 9.10. The molecular weight excluding hydrogens is 329 g/mol. The molecule has 0 aliphatic heterocycles. The molecule has 112 valence electrons. The minimum absolute atomic E-state index is 0.123. The van der Waals surface area contributed by atoms with Gasteiger partial charge in [-0.25, -0.2) is 4.39 Å². The summed E-state index contributed by atoms with van der Waals surface area (Å²) in [5.74, 6) is -0.187. The summed E-state index contributed by atoms with van der Waals surface area (Å²) in [7, 11) is 0. The molecule has 1 nitrogen and oxygen atoms in total. The lowest BCUT2D eigenvalue weighted by atomic mass is 9.91. The van der Waals surface area contributed by atoms with Crippen LogP contribution >= 0.6 is 15.9 Å². The van der Waals surface area contributed by atoms with Gasteiger partial charge in [0.15, 0.2) is 0 Å². The maximum atomic E-state index is 14.4. The molecule has 2 aromatic rings. The van der Waals surface area contributed by atoms with Gasteiger partial charge in [0.1, 0.15) is 5.82 Å². The van der Waals surface area contributed by atoms with Crippen LogP contribution in [0.4, 0.5) is 4.39 Å².